The summed E-state index contributed by atoms with van der Waals surface area (Å²) in [5, 5.41) is 0. The van der Waals surface area contributed by atoms with Gasteiger partial charge in [-0.3, -0.25) is 9.59 Å². The summed E-state index contributed by atoms with van der Waals surface area (Å²) in [6, 6.07) is 15.6. The number of nitrogens with two attached hydrogens (primary N) is 1. The number of carbonyl (C=O) groups is 1. The molecule has 2 aromatic rings. The molecule has 1 aliphatic carbocycles. The first kappa shape index (κ1) is 17.5. The number of aromatic amines is 2. The van der Waals surface area contributed by atoms with Crippen molar-refractivity contribution in [2.75, 3.05) is 18.0 Å². The molecule has 3 aliphatic rings. The van der Waals surface area contributed by atoms with Crippen molar-refractivity contribution in [1.29, 1.82) is 0 Å². The van der Waals surface area contributed by atoms with Crippen molar-refractivity contribution < 1.29 is 4.79 Å². The number of piperidine rings is 1. The Hall–Kier alpha value is -3.61. The fourth-order valence-corrected chi connectivity index (χ4v) is 4.15. The molecular formula is C22H21N5O2. The first-order valence-corrected chi connectivity index (χ1v) is 9.75. The van der Waals surface area contributed by atoms with E-state index in [0.717, 1.165) is 53.9 Å². The van der Waals surface area contributed by atoms with Crippen LogP contribution in [0.15, 0.2) is 53.3 Å². The molecule has 3 heterocycles. The Morgan fingerprint density at radius 1 is 1.07 bits per heavy atom. The molecule has 0 saturated carbocycles. The lowest BCUT2D eigenvalue weighted by molar-refractivity contribution is -0.122. The van der Waals surface area contributed by atoms with Gasteiger partial charge in [0.25, 0.3) is 5.56 Å². The molecule has 4 N–H and O–H groups in total. The molecule has 7 heteroatoms. The van der Waals surface area contributed by atoms with E-state index in [1.807, 2.05) is 42.5 Å². The third-order valence-corrected chi connectivity index (χ3v) is 5.75. The van der Waals surface area contributed by atoms with Crippen molar-refractivity contribution >= 4 is 22.6 Å². The zero-order valence-corrected chi connectivity index (χ0v) is 15.8. The smallest absolute Gasteiger partial charge is 0.260 e. The molecule has 0 unspecified atom stereocenters. The lowest BCUT2D eigenvalue weighted by Gasteiger charge is -2.32. The third kappa shape index (κ3) is 3.04. The highest BCUT2D eigenvalue weighted by Crippen LogP contribution is 2.31. The second kappa shape index (κ2) is 6.77. The molecule has 1 fully saturated rings. The number of nitrogens with zero attached hydrogens (tertiary/aromatic N) is 2. The zero-order valence-electron chi connectivity index (χ0n) is 15.8. The largest absolute Gasteiger partial charge is 0.371 e. The Morgan fingerprint density at radius 3 is 2.66 bits per heavy atom. The fraction of sp³-hybridized carbons (Fsp3) is 0.227. The highest BCUT2D eigenvalue weighted by atomic mass is 16.1. The predicted molar refractivity (Wildman–Crippen MR) is 113 cm³/mol. The number of H-pyrrole nitrogens is 2. The van der Waals surface area contributed by atoms with Crippen LogP contribution in [0.25, 0.3) is 33.7 Å². The molecule has 0 bridgehead atoms. The molecule has 5 rings (SSSR count). The lowest BCUT2D eigenvalue weighted by atomic mass is 9.96. The third-order valence-electron chi connectivity index (χ3n) is 5.75. The van der Waals surface area contributed by atoms with E-state index in [2.05, 4.69) is 25.9 Å². The van der Waals surface area contributed by atoms with Gasteiger partial charge in [-0.1, -0.05) is 24.3 Å². The summed E-state index contributed by atoms with van der Waals surface area (Å²) >= 11 is 0. The molecule has 1 amide bonds. The number of primary amides is 1. The molecule has 1 saturated heterocycles. The van der Waals surface area contributed by atoms with Crippen LogP contribution in [0.4, 0.5) is 5.69 Å². The average molecular weight is 387 g/mol. The number of nitrogens with one attached hydrogen (secondary N) is 2. The highest BCUT2D eigenvalue weighted by Gasteiger charge is 2.24. The van der Waals surface area contributed by atoms with E-state index in [9.17, 15) is 9.59 Å². The summed E-state index contributed by atoms with van der Waals surface area (Å²) in [5.74, 6) is 0.318. The van der Waals surface area contributed by atoms with Crippen molar-refractivity contribution in [2.24, 2.45) is 11.7 Å². The second-order valence-electron chi connectivity index (χ2n) is 7.52. The maximum Gasteiger partial charge on any atom is 0.260 e. The highest BCUT2D eigenvalue weighted by molar-refractivity contribution is 5.87. The average Bonchev–Trinajstić information content (AvgIpc) is 3.19. The molecule has 146 valence electrons. The van der Waals surface area contributed by atoms with Gasteiger partial charge in [0, 0.05) is 36.0 Å². The summed E-state index contributed by atoms with van der Waals surface area (Å²) in [7, 11) is 0. The summed E-state index contributed by atoms with van der Waals surface area (Å²) in [6.45, 7) is 1.59. The van der Waals surface area contributed by atoms with Crippen LogP contribution >= 0.6 is 0 Å². The second-order valence-corrected chi connectivity index (χ2v) is 7.52. The molecule has 0 spiro atoms. The molecule has 29 heavy (non-hydrogen) atoms. The number of anilines is 1. The van der Waals surface area contributed by atoms with Crippen LogP contribution in [0.2, 0.25) is 0 Å². The van der Waals surface area contributed by atoms with E-state index >= 15 is 0 Å². The van der Waals surface area contributed by atoms with E-state index in [1.165, 1.54) is 0 Å². The normalized spacial score (nSPS) is 15.2. The quantitative estimate of drug-likeness (QED) is 0.502. The monoisotopic (exact) mass is 387 g/mol. The van der Waals surface area contributed by atoms with Gasteiger partial charge in [0.15, 0.2) is 0 Å². The Bertz CT molecular complexity index is 1230. The van der Waals surface area contributed by atoms with E-state index in [-0.39, 0.29) is 17.4 Å². The number of hydrogen-bond acceptors (Lipinski definition) is 4. The number of aromatic nitrogens is 3. The van der Waals surface area contributed by atoms with Crippen LogP contribution in [-0.4, -0.2) is 33.9 Å². The van der Waals surface area contributed by atoms with Crippen molar-refractivity contribution in [1.82, 2.24) is 15.0 Å². The Labute approximate surface area is 166 Å². The van der Waals surface area contributed by atoms with Crippen molar-refractivity contribution in [3.05, 3.63) is 58.9 Å². The Morgan fingerprint density at radius 2 is 1.86 bits per heavy atom. The molecule has 1 aromatic heterocycles. The number of benzene rings is 1. The van der Waals surface area contributed by atoms with Gasteiger partial charge in [-0.25, -0.2) is 4.98 Å². The number of fused-ring (bicyclic) bond motifs is 2. The summed E-state index contributed by atoms with van der Waals surface area (Å²) in [4.78, 5) is 37.1. The van der Waals surface area contributed by atoms with Crippen LogP contribution in [-0.2, 0) is 4.79 Å². The fourth-order valence-electron chi connectivity index (χ4n) is 4.15. The van der Waals surface area contributed by atoms with Gasteiger partial charge >= 0.3 is 0 Å². The summed E-state index contributed by atoms with van der Waals surface area (Å²) < 4.78 is 0. The number of hydrogen-bond donors (Lipinski definition) is 3. The maximum absolute atomic E-state index is 12.6. The first-order chi connectivity index (χ1) is 14.1. The van der Waals surface area contributed by atoms with Gasteiger partial charge < -0.3 is 20.6 Å². The van der Waals surface area contributed by atoms with Gasteiger partial charge in [0.05, 0.1) is 16.6 Å². The van der Waals surface area contributed by atoms with Crippen LogP contribution in [0, 0.1) is 5.92 Å². The molecule has 1 aromatic carbocycles. The molecule has 0 radical (unpaired) electrons. The Kier molecular flexibility index (Phi) is 4.08. The minimum absolute atomic E-state index is 0.0348. The van der Waals surface area contributed by atoms with Gasteiger partial charge in [-0.15, -0.1) is 0 Å². The predicted octanol–water partition coefficient (Wildman–Crippen LogP) is 2.72. The van der Waals surface area contributed by atoms with Gasteiger partial charge in [-0.2, -0.15) is 0 Å². The van der Waals surface area contributed by atoms with Crippen LogP contribution in [0.5, 0.6) is 0 Å². The summed E-state index contributed by atoms with van der Waals surface area (Å²) in [5.41, 5.74) is 10.2. The van der Waals surface area contributed by atoms with Crippen LogP contribution < -0.4 is 16.2 Å². The minimum atomic E-state index is -0.209. The van der Waals surface area contributed by atoms with Crippen molar-refractivity contribution in [3.63, 3.8) is 0 Å². The number of amides is 1. The lowest BCUT2D eigenvalue weighted by Crippen LogP contribution is -2.38. The number of rotatable bonds is 3. The summed E-state index contributed by atoms with van der Waals surface area (Å²) in [6.07, 6.45) is 1.54. The van der Waals surface area contributed by atoms with E-state index < -0.39 is 0 Å². The van der Waals surface area contributed by atoms with E-state index in [0.29, 0.717) is 11.4 Å². The number of imidazole rings is 1. The minimum Gasteiger partial charge on any atom is -0.371 e. The number of carbonyl (C=O) groups excluding carboxylic acids is 1. The van der Waals surface area contributed by atoms with Crippen LogP contribution in [0.1, 0.15) is 12.8 Å². The standard InChI is InChI=1S/C22H21N5O2/c23-20(28)13-8-10-27(11-9-13)14-6-7-17-18(12-14)25-21(24-17)19-15-4-2-1-3-5-16(15)26-22(19)29/h1-7,12-13H,8-11H2,(H2,23,28)(H,24,25)(H,26,29). The van der Waals surface area contributed by atoms with Crippen molar-refractivity contribution in [3.8, 4) is 22.6 Å². The SMILES string of the molecule is NC(=O)C1CCN(c2ccc3nc(-c4c5cccccc-5[nH]c4=O)[nH]c3c2)CC1. The first-order valence-electron chi connectivity index (χ1n) is 9.75. The Balaban J connectivity index is 1.50. The van der Waals surface area contributed by atoms with Gasteiger partial charge in [0.1, 0.15) is 5.82 Å². The van der Waals surface area contributed by atoms with E-state index in [4.69, 9.17) is 5.73 Å². The zero-order chi connectivity index (χ0) is 20.0. The van der Waals surface area contributed by atoms with Crippen LogP contribution in [0.3, 0.4) is 0 Å². The van der Waals surface area contributed by atoms with Gasteiger partial charge in [0.2, 0.25) is 5.91 Å². The topological polar surface area (TPSA) is 108 Å². The molecule has 0 atom stereocenters. The van der Waals surface area contributed by atoms with Crippen molar-refractivity contribution in [2.45, 2.75) is 12.8 Å². The molecule has 2 aliphatic heterocycles. The molecule has 7 nitrogen and oxygen atoms in total. The molecular weight excluding hydrogens is 366 g/mol. The van der Waals surface area contributed by atoms with E-state index in [1.54, 1.807) is 0 Å². The maximum atomic E-state index is 12.6. The van der Waals surface area contributed by atoms with Gasteiger partial charge in [-0.05, 0) is 37.1 Å².